The summed E-state index contributed by atoms with van der Waals surface area (Å²) in [5, 5.41) is 4.42. The number of hydrogen-bond acceptors (Lipinski definition) is 7. The predicted molar refractivity (Wildman–Crippen MR) is 77.8 cm³/mol. The van der Waals surface area contributed by atoms with E-state index in [-0.39, 0.29) is 16.2 Å². The van der Waals surface area contributed by atoms with Crippen molar-refractivity contribution in [3.05, 3.63) is 27.2 Å². The van der Waals surface area contributed by atoms with Gasteiger partial charge in [0.25, 0.3) is 0 Å². The summed E-state index contributed by atoms with van der Waals surface area (Å²) < 4.78 is 30.2. The smallest absolute Gasteiger partial charge is 0.211 e. The first-order chi connectivity index (χ1) is 9.54. The summed E-state index contributed by atoms with van der Waals surface area (Å²) in [4.78, 5) is 8.45. The van der Waals surface area contributed by atoms with Gasteiger partial charge in [-0.2, -0.15) is 0 Å². The van der Waals surface area contributed by atoms with Gasteiger partial charge in [-0.15, -0.1) is 22.7 Å². The van der Waals surface area contributed by atoms with E-state index < -0.39 is 9.84 Å². The highest BCUT2D eigenvalue weighted by Gasteiger charge is 2.24. The van der Waals surface area contributed by atoms with Crippen LogP contribution >= 0.6 is 22.7 Å². The Morgan fingerprint density at radius 1 is 1.35 bits per heavy atom. The predicted octanol–water partition coefficient (Wildman–Crippen LogP) is 2.73. The molecule has 3 heterocycles. The summed E-state index contributed by atoms with van der Waals surface area (Å²) in [7, 11) is -3.39. The van der Waals surface area contributed by atoms with Gasteiger partial charge in [0.05, 0.1) is 5.69 Å². The Morgan fingerprint density at radius 3 is 2.85 bits per heavy atom. The summed E-state index contributed by atoms with van der Waals surface area (Å²) in [5.41, 5.74) is 1.31. The molecule has 2 aromatic heterocycles. The molecule has 3 rings (SSSR count). The highest BCUT2D eigenvalue weighted by atomic mass is 32.2. The lowest BCUT2D eigenvalue weighted by Crippen LogP contribution is -2.05. The molecule has 0 aromatic carbocycles. The van der Waals surface area contributed by atoms with Gasteiger partial charge >= 0.3 is 0 Å². The molecule has 0 N–H and O–H groups in total. The van der Waals surface area contributed by atoms with Crippen molar-refractivity contribution in [1.82, 2.24) is 9.97 Å². The van der Waals surface area contributed by atoms with E-state index in [9.17, 15) is 8.42 Å². The van der Waals surface area contributed by atoms with Crippen molar-refractivity contribution < 1.29 is 13.2 Å². The summed E-state index contributed by atoms with van der Waals surface area (Å²) in [6, 6.07) is 0. The first kappa shape index (κ1) is 14.1. The van der Waals surface area contributed by atoms with Crippen molar-refractivity contribution in [2.45, 2.75) is 36.0 Å². The van der Waals surface area contributed by atoms with Crippen LogP contribution in [0.2, 0.25) is 0 Å². The van der Waals surface area contributed by atoms with Crippen LogP contribution < -0.4 is 0 Å². The average molecular weight is 330 g/mol. The zero-order valence-corrected chi connectivity index (χ0v) is 13.4. The maximum absolute atomic E-state index is 12.2. The number of ether oxygens (including phenoxy) is 1. The molecule has 1 unspecified atom stereocenters. The number of nitrogens with zero attached hydrogens (tertiary/aromatic N) is 2. The first-order valence-electron chi connectivity index (χ1n) is 6.25. The zero-order valence-electron chi connectivity index (χ0n) is 10.9. The Hall–Kier alpha value is -0.830. The van der Waals surface area contributed by atoms with Gasteiger partial charge in [-0.3, -0.25) is 0 Å². The average Bonchev–Trinajstić information content (AvgIpc) is 3.06. The molecule has 1 saturated heterocycles. The van der Waals surface area contributed by atoms with E-state index in [1.54, 1.807) is 17.7 Å². The minimum Gasteiger partial charge on any atom is -0.371 e. The minimum absolute atomic E-state index is 0.0403. The van der Waals surface area contributed by atoms with E-state index >= 15 is 0 Å². The van der Waals surface area contributed by atoms with E-state index in [1.165, 1.54) is 11.3 Å². The number of sulfone groups is 1. The van der Waals surface area contributed by atoms with E-state index in [1.807, 2.05) is 0 Å². The highest BCUT2D eigenvalue weighted by molar-refractivity contribution is 7.92. The second-order valence-corrected chi connectivity index (χ2v) is 8.60. The van der Waals surface area contributed by atoms with E-state index in [4.69, 9.17) is 4.74 Å². The summed E-state index contributed by atoms with van der Waals surface area (Å²) in [5.74, 6) is -0.0941. The van der Waals surface area contributed by atoms with Gasteiger partial charge in [0, 0.05) is 23.1 Å². The van der Waals surface area contributed by atoms with E-state index in [0.29, 0.717) is 5.69 Å². The molecule has 2 aromatic rings. The van der Waals surface area contributed by atoms with Crippen LogP contribution in [0, 0.1) is 6.92 Å². The molecular formula is C12H14N2O3S3. The van der Waals surface area contributed by atoms with Gasteiger partial charge < -0.3 is 4.74 Å². The van der Waals surface area contributed by atoms with Crippen LogP contribution in [0.4, 0.5) is 0 Å². The van der Waals surface area contributed by atoms with E-state index in [0.717, 1.165) is 41.5 Å². The lowest BCUT2D eigenvalue weighted by molar-refractivity contribution is 0.111. The lowest BCUT2D eigenvalue weighted by atomic mass is 10.2. The quantitative estimate of drug-likeness (QED) is 0.862. The van der Waals surface area contributed by atoms with Crippen molar-refractivity contribution in [2.75, 3.05) is 6.61 Å². The Morgan fingerprint density at radius 2 is 2.20 bits per heavy atom. The number of aryl methyl sites for hydroxylation is 1. The monoisotopic (exact) mass is 330 g/mol. The van der Waals surface area contributed by atoms with Crippen LogP contribution in [0.15, 0.2) is 15.1 Å². The van der Waals surface area contributed by atoms with Crippen LogP contribution in [0.3, 0.4) is 0 Å². The maximum Gasteiger partial charge on any atom is 0.211 e. The third-order valence-electron chi connectivity index (χ3n) is 2.98. The zero-order chi connectivity index (χ0) is 14.2. The SMILES string of the molecule is Cc1csc(S(=O)(=O)Cc2csc(C3CCCO3)n2)n1. The molecule has 0 bridgehead atoms. The van der Waals surface area contributed by atoms with Crippen molar-refractivity contribution >= 4 is 32.5 Å². The van der Waals surface area contributed by atoms with Crippen LogP contribution in [0.25, 0.3) is 0 Å². The fraction of sp³-hybridized carbons (Fsp3) is 0.500. The van der Waals surface area contributed by atoms with Gasteiger partial charge in [0.2, 0.25) is 14.2 Å². The molecule has 0 saturated carbocycles. The number of hydrogen-bond donors (Lipinski definition) is 0. The molecule has 108 valence electrons. The lowest BCUT2D eigenvalue weighted by Gasteiger charge is -2.03. The largest absolute Gasteiger partial charge is 0.371 e. The number of rotatable bonds is 4. The van der Waals surface area contributed by atoms with Gasteiger partial charge in [0.1, 0.15) is 16.9 Å². The highest BCUT2D eigenvalue weighted by Crippen LogP contribution is 2.31. The topological polar surface area (TPSA) is 69.2 Å². The van der Waals surface area contributed by atoms with Gasteiger partial charge in [0.15, 0.2) is 0 Å². The van der Waals surface area contributed by atoms with Crippen molar-refractivity contribution in [3.8, 4) is 0 Å². The van der Waals surface area contributed by atoms with Crippen molar-refractivity contribution in [3.63, 3.8) is 0 Å². The van der Waals surface area contributed by atoms with Crippen molar-refractivity contribution in [2.24, 2.45) is 0 Å². The molecule has 0 radical (unpaired) electrons. The number of aromatic nitrogens is 2. The minimum atomic E-state index is -3.39. The van der Waals surface area contributed by atoms with E-state index in [2.05, 4.69) is 9.97 Å². The van der Waals surface area contributed by atoms with Gasteiger partial charge in [-0.25, -0.2) is 18.4 Å². The molecule has 0 amide bonds. The maximum atomic E-state index is 12.2. The second kappa shape index (κ2) is 5.51. The third-order valence-corrected chi connectivity index (χ3v) is 7.06. The van der Waals surface area contributed by atoms with Crippen LogP contribution in [0.5, 0.6) is 0 Å². The van der Waals surface area contributed by atoms with Gasteiger partial charge in [-0.05, 0) is 19.8 Å². The summed E-state index contributed by atoms with van der Waals surface area (Å²) >= 11 is 2.63. The molecule has 1 aliphatic rings. The molecular weight excluding hydrogens is 316 g/mol. The van der Waals surface area contributed by atoms with Gasteiger partial charge in [-0.1, -0.05) is 0 Å². The Balaban J connectivity index is 1.77. The summed E-state index contributed by atoms with van der Waals surface area (Å²) in [6.07, 6.45) is 2.04. The first-order valence-corrected chi connectivity index (χ1v) is 9.66. The Kier molecular flexibility index (Phi) is 3.89. The molecule has 1 aliphatic heterocycles. The van der Waals surface area contributed by atoms with Crippen molar-refractivity contribution in [1.29, 1.82) is 0 Å². The summed E-state index contributed by atoms with van der Waals surface area (Å²) in [6.45, 7) is 2.55. The molecule has 5 nitrogen and oxygen atoms in total. The van der Waals surface area contributed by atoms with Crippen LogP contribution in [0.1, 0.15) is 35.3 Å². The number of thiazole rings is 2. The molecule has 20 heavy (non-hydrogen) atoms. The normalized spacial score (nSPS) is 19.6. The molecule has 0 aliphatic carbocycles. The third kappa shape index (κ3) is 2.93. The fourth-order valence-corrected chi connectivity index (χ4v) is 5.42. The molecule has 1 fully saturated rings. The fourth-order valence-electron chi connectivity index (χ4n) is 2.04. The van der Waals surface area contributed by atoms with Crippen LogP contribution in [-0.4, -0.2) is 25.0 Å². The standard InChI is InChI=1S/C12H14N2O3S3/c1-8-5-19-12(13-8)20(15,16)7-9-6-18-11(14-9)10-3-2-4-17-10/h5-6,10H,2-4,7H2,1H3. The van der Waals surface area contributed by atoms with Crippen LogP contribution in [-0.2, 0) is 20.3 Å². The second-order valence-electron chi connectivity index (χ2n) is 4.69. The Labute approximate surface area is 125 Å². The molecule has 0 spiro atoms. The molecule has 1 atom stereocenters. The molecule has 8 heteroatoms. The Bertz CT molecular complexity index is 699.